The Kier molecular flexibility index (Phi) is 3.84. The van der Waals surface area contributed by atoms with Gasteiger partial charge in [0.1, 0.15) is 5.75 Å². The van der Waals surface area contributed by atoms with E-state index in [1.807, 2.05) is 31.2 Å². The van der Waals surface area contributed by atoms with Crippen molar-refractivity contribution in [1.29, 1.82) is 0 Å². The largest absolute Gasteiger partial charge is 0.496 e. The van der Waals surface area contributed by atoms with Crippen LogP contribution < -0.4 is 10.5 Å². The van der Waals surface area contributed by atoms with Gasteiger partial charge in [-0.05, 0) is 36.8 Å². The Morgan fingerprint density at radius 3 is 2.67 bits per heavy atom. The molecule has 0 aliphatic carbocycles. The van der Waals surface area contributed by atoms with Crippen molar-refractivity contribution in [1.82, 2.24) is 4.98 Å². The fourth-order valence-electron chi connectivity index (χ4n) is 1.84. The summed E-state index contributed by atoms with van der Waals surface area (Å²) in [6.07, 6.45) is 0. The Bertz CT molecular complexity index is 570. The second kappa shape index (κ2) is 5.38. The third-order valence-corrected chi connectivity index (χ3v) is 3.09. The lowest BCUT2D eigenvalue weighted by Crippen LogP contribution is -2.01. The molecule has 0 amide bonds. The number of ether oxygens (including phenoxy) is 1. The van der Waals surface area contributed by atoms with Crippen LogP contribution in [-0.2, 0) is 6.54 Å². The summed E-state index contributed by atoms with van der Waals surface area (Å²) < 4.78 is 5.33. The van der Waals surface area contributed by atoms with Gasteiger partial charge in [-0.25, -0.2) is 0 Å². The summed E-state index contributed by atoms with van der Waals surface area (Å²) in [5, 5.41) is 0.660. The molecule has 1 aromatic carbocycles. The number of aryl methyl sites for hydroxylation is 1. The summed E-state index contributed by atoms with van der Waals surface area (Å²) in [6.45, 7) is 2.44. The van der Waals surface area contributed by atoms with Crippen LogP contribution in [0.2, 0.25) is 5.02 Å². The highest BCUT2D eigenvalue weighted by Crippen LogP contribution is 2.31. The van der Waals surface area contributed by atoms with E-state index in [2.05, 4.69) is 4.98 Å². The number of nitrogens with two attached hydrogens (primary N) is 1. The lowest BCUT2D eigenvalue weighted by molar-refractivity contribution is 0.416. The molecule has 2 N–H and O–H groups in total. The topological polar surface area (TPSA) is 48.1 Å². The molecule has 0 saturated heterocycles. The fraction of sp³-hybridized carbons (Fsp3) is 0.214. The lowest BCUT2D eigenvalue weighted by Gasteiger charge is -2.10. The SMILES string of the molecule is COc1ccc(Cl)cc1-c1ccc(CN)c(C)n1. The molecule has 0 atom stereocenters. The average Bonchev–Trinajstić information content (AvgIpc) is 2.38. The normalized spacial score (nSPS) is 10.4. The predicted molar refractivity (Wildman–Crippen MR) is 73.9 cm³/mol. The quantitative estimate of drug-likeness (QED) is 0.924. The van der Waals surface area contributed by atoms with Crippen LogP contribution >= 0.6 is 11.6 Å². The maximum atomic E-state index is 6.02. The van der Waals surface area contributed by atoms with Crippen molar-refractivity contribution in [3.05, 3.63) is 46.6 Å². The number of nitrogens with zero attached hydrogens (tertiary/aromatic N) is 1. The monoisotopic (exact) mass is 262 g/mol. The highest BCUT2D eigenvalue weighted by atomic mass is 35.5. The zero-order valence-electron chi connectivity index (χ0n) is 10.4. The van der Waals surface area contributed by atoms with E-state index >= 15 is 0 Å². The number of hydrogen-bond donors (Lipinski definition) is 1. The zero-order chi connectivity index (χ0) is 13.1. The average molecular weight is 263 g/mol. The second-order valence-electron chi connectivity index (χ2n) is 3.99. The molecule has 0 spiro atoms. The van der Waals surface area contributed by atoms with Crippen molar-refractivity contribution >= 4 is 11.6 Å². The van der Waals surface area contributed by atoms with Gasteiger partial charge < -0.3 is 10.5 Å². The van der Waals surface area contributed by atoms with Gasteiger partial charge in [0.25, 0.3) is 0 Å². The van der Waals surface area contributed by atoms with Gasteiger partial charge in [0.05, 0.1) is 12.8 Å². The van der Waals surface area contributed by atoms with Crippen molar-refractivity contribution in [2.75, 3.05) is 7.11 Å². The van der Waals surface area contributed by atoms with Crippen LogP contribution in [0.25, 0.3) is 11.3 Å². The third-order valence-electron chi connectivity index (χ3n) is 2.85. The Morgan fingerprint density at radius 1 is 1.28 bits per heavy atom. The van der Waals surface area contributed by atoms with Crippen molar-refractivity contribution in [2.24, 2.45) is 5.73 Å². The van der Waals surface area contributed by atoms with E-state index in [1.165, 1.54) is 0 Å². The van der Waals surface area contributed by atoms with E-state index in [0.717, 1.165) is 28.3 Å². The van der Waals surface area contributed by atoms with Gasteiger partial charge in [0.2, 0.25) is 0 Å². The molecule has 0 saturated carbocycles. The maximum absolute atomic E-state index is 6.02. The minimum Gasteiger partial charge on any atom is -0.496 e. The van der Waals surface area contributed by atoms with E-state index in [1.54, 1.807) is 13.2 Å². The summed E-state index contributed by atoms with van der Waals surface area (Å²) in [4.78, 5) is 4.55. The maximum Gasteiger partial charge on any atom is 0.128 e. The van der Waals surface area contributed by atoms with Crippen molar-refractivity contribution in [2.45, 2.75) is 13.5 Å². The molecular formula is C14H15ClN2O. The summed E-state index contributed by atoms with van der Waals surface area (Å²) in [6, 6.07) is 9.40. The van der Waals surface area contributed by atoms with Crippen LogP contribution in [0.1, 0.15) is 11.3 Å². The minimum atomic E-state index is 0.492. The van der Waals surface area contributed by atoms with Crippen LogP contribution in [0.4, 0.5) is 0 Å². The lowest BCUT2D eigenvalue weighted by atomic mass is 10.1. The molecule has 2 aromatic rings. The van der Waals surface area contributed by atoms with Crippen molar-refractivity contribution < 1.29 is 4.74 Å². The van der Waals surface area contributed by atoms with Crippen molar-refractivity contribution in [3.8, 4) is 17.0 Å². The Balaban J connectivity index is 2.54. The van der Waals surface area contributed by atoms with Gasteiger partial charge >= 0.3 is 0 Å². The van der Waals surface area contributed by atoms with Gasteiger partial charge in [-0.2, -0.15) is 0 Å². The standard InChI is InChI=1S/C14H15ClN2O/c1-9-10(8-16)3-5-13(17-9)12-7-11(15)4-6-14(12)18-2/h3-7H,8,16H2,1-2H3. The minimum absolute atomic E-state index is 0.492. The Morgan fingerprint density at radius 2 is 2.06 bits per heavy atom. The van der Waals surface area contributed by atoms with E-state index in [4.69, 9.17) is 22.1 Å². The first-order chi connectivity index (χ1) is 8.65. The predicted octanol–water partition coefficient (Wildman–Crippen LogP) is 3.18. The van der Waals surface area contributed by atoms with Gasteiger partial charge in [-0.15, -0.1) is 0 Å². The van der Waals surface area contributed by atoms with Gasteiger partial charge in [-0.1, -0.05) is 17.7 Å². The molecule has 0 unspecified atom stereocenters. The van der Waals surface area contributed by atoms with E-state index < -0.39 is 0 Å². The first-order valence-electron chi connectivity index (χ1n) is 5.66. The molecule has 1 heterocycles. The summed E-state index contributed by atoms with van der Waals surface area (Å²) >= 11 is 6.02. The highest BCUT2D eigenvalue weighted by molar-refractivity contribution is 6.30. The van der Waals surface area contributed by atoms with E-state index in [-0.39, 0.29) is 0 Å². The van der Waals surface area contributed by atoms with Crippen LogP contribution in [0.3, 0.4) is 0 Å². The number of pyridine rings is 1. The number of methoxy groups -OCH3 is 1. The molecule has 1 aromatic heterocycles. The summed E-state index contributed by atoms with van der Waals surface area (Å²) in [5.41, 5.74) is 9.33. The molecular weight excluding hydrogens is 248 g/mol. The number of halogens is 1. The molecule has 0 bridgehead atoms. The van der Waals surface area contributed by atoms with Crippen LogP contribution in [0.5, 0.6) is 5.75 Å². The number of aromatic nitrogens is 1. The second-order valence-corrected chi connectivity index (χ2v) is 4.43. The highest BCUT2D eigenvalue weighted by Gasteiger charge is 2.09. The molecule has 2 rings (SSSR count). The first-order valence-corrected chi connectivity index (χ1v) is 6.04. The smallest absolute Gasteiger partial charge is 0.128 e. The number of benzene rings is 1. The third kappa shape index (κ3) is 2.47. The van der Waals surface area contributed by atoms with Crippen LogP contribution in [-0.4, -0.2) is 12.1 Å². The fourth-order valence-corrected chi connectivity index (χ4v) is 2.01. The first kappa shape index (κ1) is 12.9. The van der Waals surface area contributed by atoms with Gasteiger partial charge in [0.15, 0.2) is 0 Å². The number of hydrogen-bond acceptors (Lipinski definition) is 3. The zero-order valence-corrected chi connectivity index (χ0v) is 11.2. The van der Waals surface area contributed by atoms with Crippen molar-refractivity contribution in [3.63, 3.8) is 0 Å². The van der Waals surface area contributed by atoms with Crippen LogP contribution in [0.15, 0.2) is 30.3 Å². The van der Waals surface area contributed by atoms with E-state index in [0.29, 0.717) is 11.6 Å². The summed E-state index contributed by atoms with van der Waals surface area (Å²) in [5.74, 6) is 0.756. The molecule has 0 fully saturated rings. The van der Waals surface area contributed by atoms with Crippen LogP contribution in [0, 0.1) is 6.92 Å². The summed E-state index contributed by atoms with van der Waals surface area (Å²) in [7, 11) is 1.63. The number of rotatable bonds is 3. The van der Waals surface area contributed by atoms with E-state index in [9.17, 15) is 0 Å². The Hall–Kier alpha value is -1.58. The van der Waals surface area contributed by atoms with Gasteiger partial charge in [-0.3, -0.25) is 4.98 Å². The van der Waals surface area contributed by atoms with Gasteiger partial charge in [0, 0.05) is 22.8 Å². The molecule has 3 nitrogen and oxygen atoms in total. The molecule has 4 heteroatoms. The molecule has 0 aliphatic rings. The molecule has 18 heavy (non-hydrogen) atoms. The molecule has 94 valence electrons. The molecule has 0 radical (unpaired) electrons. The Labute approximate surface area is 112 Å². The molecule has 0 aliphatic heterocycles.